The minimum Gasteiger partial charge on any atom is -0.427 e. The zero-order valence-corrected chi connectivity index (χ0v) is 21.0. The largest absolute Gasteiger partial charge is 0.427 e. The van der Waals surface area contributed by atoms with Crippen LogP contribution in [0.2, 0.25) is 0 Å². The van der Waals surface area contributed by atoms with Gasteiger partial charge in [-0.2, -0.15) is 0 Å². The maximum atomic E-state index is 13.8. The van der Waals surface area contributed by atoms with E-state index in [1.807, 2.05) is 36.5 Å². The molecule has 190 valence electrons. The van der Waals surface area contributed by atoms with Crippen molar-refractivity contribution in [3.8, 4) is 22.9 Å². The van der Waals surface area contributed by atoms with Crippen LogP contribution in [0.3, 0.4) is 0 Å². The Hall–Kier alpha value is -4.31. The predicted octanol–water partition coefficient (Wildman–Crippen LogP) is 3.90. The third kappa shape index (κ3) is 5.44. The van der Waals surface area contributed by atoms with Crippen molar-refractivity contribution in [1.82, 2.24) is 24.9 Å². The molecule has 1 aliphatic heterocycles. The van der Waals surface area contributed by atoms with Gasteiger partial charge in [-0.05, 0) is 69.4 Å². The van der Waals surface area contributed by atoms with E-state index >= 15 is 0 Å². The molecule has 4 aromatic rings. The fraction of sp³-hybridized carbons (Fsp3) is 0.296. The molecule has 0 aliphatic carbocycles. The van der Waals surface area contributed by atoms with Crippen molar-refractivity contribution < 1.29 is 18.7 Å². The number of nitrogens with zero attached hydrogens (tertiary/aromatic N) is 6. The number of benzene rings is 2. The summed E-state index contributed by atoms with van der Waals surface area (Å²) in [6, 6.07) is 16.1. The standard InChI is InChI=1S/C27H28N6O4/c1-18-28-29-26(36-18)20-6-4-8-23(16-20)32-15-12-25(30-32)33(22-10-13-31(3)14-11-22)27(35)21-7-5-9-24(17-21)37-19(2)34/h4-9,12,15-17,22H,10-11,13-14H2,1-3H3. The number of anilines is 1. The van der Waals surface area contributed by atoms with Crippen LogP contribution in [-0.4, -0.2) is 62.9 Å². The second kappa shape index (κ2) is 10.4. The highest BCUT2D eigenvalue weighted by molar-refractivity contribution is 6.06. The summed E-state index contributed by atoms with van der Waals surface area (Å²) in [6.45, 7) is 4.85. The van der Waals surface area contributed by atoms with Crippen molar-refractivity contribution in [3.05, 3.63) is 72.2 Å². The molecule has 37 heavy (non-hydrogen) atoms. The molecule has 2 aromatic heterocycles. The first-order valence-corrected chi connectivity index (χ1v) is 12.1. The molecule has 0 radical (unpaired) electrons. The third-order valence-electron chi connectivity index (χ3n) is 6.32. The second-order valence-electron chi connectivity index (χ2n) is 9.13. The van der Waals surface area contributed by atoms with Crippen LogP contribution in [0.25, 0.3) is 17.1 Å². The minimum atomic E-state index is -0.437. The molecule has 1 saturated heterocycles. The summed E-state index contributed by atoms with van der Waals surface area (Å²) in [6.07, 6.45) is 3.48. The van der Waals surface area contributed by atoms with Gasteiger partial charge in [-0.25, -0.2) is 4.68 Å². The summed E-state index contributed by atoms with van der Waals surface area (Å²) in [5.41, 5.74) is 2.01. The van der Waals surface area contributed by atoms with E-state index in [4.69, 9.17) is 14.3 Å². The van der Waals surface area contributed by atoms with Gasteiger partial charge in [0.25, 0.3) is 5.91 Å². The maximum Gasteiger partial charge on any atom is 0.308 e. The molecule has 1 amide bonds. The van der Waals surface area contributed by atoms with Gasteiger partial charge >= 0.3 is 5.97 Å². The molecule has 2 aromatic carbocycles. The number of esters is 1. The quantitative estimate of drug-likeness (QED) is 0.290. The lowest BCUT2D eigenvalue weighted by molar-refractivity contribution is -0.131. The van der Waals surface area contributed by atoms with Crippen LogP contribution in [0, 0.1) is 6.92 Å². The van der Waals surface area contributed by atoms with Gasteiger partial charge in [0.2, 0.25) is 11.8 Å². The lowest BCUT2D eigenvalue weighted by Gasteiger charge is -2.36. The van der Waals surface area contributed by atoms with E-state index < -0.39 is 5.97 Å². The van der Waals surface area contributed by atoms with Crippen molar-refractivity contribution in [2.75, 3.05) is 25.0 Å². The van der Waals surface area contributed by atoms with Gasteiger partial charge in [0.1, 0.15) is 5.75 Å². The SMILES string of the molecule is CC(=O)Oc1cccc(C(=O)N(c2ccn(-c3cccc(-c4nnc(C)o4)c3)n2)C2CCN(C)CC2)c1. The van der Waals surface area contributed by atoms with Crippen molar-refractivity contribution in [2.45, 2.75) is 32.7 Å². The Morgan fingerprint density at radius 2 is 1.84 bits per heavy atom. The Morgan fingerprint density at radius 3 is 2.57 bits per heavy atom. The van der Waals surface area contributed by atoms with Gasteiger partial charge in [-0.15, -0.1) is 15.3 Å². The van der Waals surface area contributed by atoms with Crippen molar-refractivity contribution in [1.29, 1.82) is 0 Å². The number of amides is 1. The molecule has 0 N–H and O–H groups in total. The van der Waals surface area contributed by atoms with Gasteiger partial charge in [0, 0.05) is 43.3 Å². The molecule has 0 spiro atoms. The van der Waals surface area contributed by atoms with E-state index in [1.54, 1.807) is 40.8 Å². The number of hydrogen-bond acceptors (Lipinski definition) is 8. The molecule has 5 rings (SSSR count). The van der Waals surface area contributed by atoms with Gasteiger partial charge in [0.05, 0.1) is 5.69 Å². The highest BCUT2D eigenvalue weighted by atomic mass is 16.5. The lowest BCUT2D eigenvalue weighted by Crippen LogP contribution is -2.47. The Bertz CT molecular complexity index is 1420. The molecular weight excluding hydrogens is 472 g/mol. The summed E-state index contributed by atoms with van der Waals surface area (Å²) in [7, 11) is 2.08. The number of aromatic nitrogens is 4. The molecule has 0 saturated carbocycles. The summed E-state index contributed by atoms with van der Waals surface area (Å²) in [5.74, 6) is 1.18. The first-order valence-electron chi connectivity index (χ1n) is 12.1. The van der Waals surface area contributed by atoms with Gasteiger partial charge in [-0.3, -0.25) is 14.5 Å². The molecule has 1 aliphatic rings. The van der Waals surface area contributed by atoms with E-state index in [0.29, 0.717) is 28.9 Å². The number of carbonyl (C=O) groups excluding carboxylic acids is 2. The zero-order valence-electron chi connectivity index (χ0n) is 21.0. The fourth-order valence-electron chi connectivity index (χ4n) is 4.49. The average Bonchev–Trinajstić information content (AvgIpc) is 3.55. The number of rotatable bonds is 6. The fourth-order valence-corrected chi connectivity index (χ4v) is 4.49. The zero-order chi connectivity index (χ0) is 25.9. The van der Waals surface area contributed by atoms with Crippen LogP contribution in [-0.2, 0) is 4.79 Å². The van der Waals surface area contributed by atoms with E-state index in [9.17, 15) is 9.59 Å². The van der Waals surface area contributed by atoms with E-state index in [-0.39, 0.29) is 11.9 Å². The summed E-state index contributed by atoms with van der Waals surface area (Å²) < 4.78 is 12.5. The Morgan fingerprint density at radius 1 is 1.05 bits per heavy atom. The minimum absolute atomic E-state index is 0.0165. The highest BCUT2D eigenvalue weighted by Gasteiger charge is 2.31. The topological polar surface area (TPSA) is 107 Å². The van der Waals surface area contributed by atoms with Crippen LogP contribution < -0.4 is 9.64 Å². The maximum absolute atomic E-state index is 13.8. The van der Waals surface area contributed by atoms with E-state index in [0.717, 1.165) is 37.2 Å². The Balaban J connectivity index is 1.48. The Labute approximate surface area is 214 Å². The first kappa shape index (κ1) is 24.4. The molecule has 10 heteroatoms. The summed E-state index contributed by atoms with van der Waals surface area (Å²) in [4.78, 5) is 29.3. The molecule has 0 unspecified atom stereocenters. The number of likely N-dealkylation sites (tertiary alicyclic amines) is 1. The summed E-state index contributed by atoms with van der Waals surface area (Å²) in [5, 5.41) is 12.8. The van der Waals surface area contributed by atoms with Crippen molar-refractivity contribution >= 4 is 17.7 Å². The molecule has 0 atom stereocenters. The number of aryl methyl sites for hydroxylation is 1. The van der Waals surface area contributed by atoms with Crippen molar-refractivity contribution in [2.24, 2.45) is 0 Å². The number of piperidine rings is 1. The molecule has 1 fully saturated rings. The summed E-state index contributed by atoms with van der Waals surface area (Å²) >= 11 is 0. The van der Waals surface area contributed by atoms with Crippen LogP contribution in [0.1, 0.15) is 36.0 Å². The molecule has 0 bridgehead atoms. The smallest absolute Gasteiger partial charge is 0.308 e. The van der Waals surface area contributed by atoms with Crippen LogP contribution in [0.15, 0.2) is 65.2 Å². The number of carbonyl (C=O) groups is 2. The monoisotopic (exact) mass is 500 g/mol. The highest BCUT2D eigenvalue weighted by Crippen LogP contribution is 2.27. The average molecular weight is 501 g/mol. The number of hydrogen-bond donors (Lipinski definition) is 0. The third-order valence-corrected chi connectivity index (χ3v) is 6.32. The van der Waals surface area contributed by atoms with Crippen LogP contribution in [0.5, 0.6) is 5.75 Å². The van der Waals surface area contributed by atoms with Crippen molar-refractivity contribution in [3.63, 3.8) is 0 Å². The first-order chi connectivity index (χ1) is 17.9. The molecule has 10 nitrogen and oxygen atoms in total. The van der Waals surface area contributed by atoms with Gasteiger partial charge in [-0.1, -0.05) is 12.1 Å². The predicted molar refractivity (Wildman–Crippen MR) is 137 cm³/mol. The molecule has 3 heterocycles. The Kier molecular flexibility index (Phi) is 6.82. The lowest BCUT2D eigenvalue weighted by atomic mass is 10.0. The molecular formula is C27H28N6O4. The van der Waals surface area contributed by atoms with Gasteiger partial charge < -0.3 is 14.1 Å². The second-order valence-corrected chi connectivity index (χ2v) is 9.13. The van der Waals surface area contributed by atoms with Crippen LogP contribution >= 0.6 is 0 Å². The van der Waals surface area contributed by atoms with Crippen LogP contribution in [0.4, 0.5) is 5.82 Å². The van der Waals surface area contributed by atoms with E-state index in [1.165, 1.54) is 6.92 Å². The van der Waals surface area contributed by atoms with Gasteiger partial charge in [0.15, 0.2) is 5.82 Å². The van der Waals surface area contributed by atoms with E-state index in [2.05, 4.69) is 22.1 Å². The number of ether oxygens (including phenoxy) is 1. The normalized spacial score (nSPS) is 14.5.